The maximum Gasteiger partial charge on any atom is 0.267 e. The number of carbonyl (C=O) groups excluding carboxylic acids is 1. The van der Waals surface area contributed by atoms with Crippen molar-refractivity contribution < 1.29 is 4.79 Å². The van der Waals surface area contributed by atoms with Crippen molar-refractivity contribution in [3.63, 3.8) is 0 Å². The Hall–Kier alpha value is -1.17. The fourth-order valence-corrected chi connectivity index (χ4v) is 1.74. The molecule has 1 rings (SSSR count). The second kappa shape index (κ2) is 5.95. The zero-order valence-corrected chi connectivity index (χ0v) is 11.7. The lowest BCUT2D eigenvalue weighted by atomic mass is 10.3. The molecule has 94 valence electrons. The van der Waals surface area contributed by atoms with Crippen molar-refractivity contribution in [1.82, 2.24) is 14.9 Å². The summed E-state index contributed by atoms with van der Waals surface area (Å²) in [7, 11) is 0. The molecule has 1 N–H and O–H groups in total. The summed E-state index contributed by atoms with van der Waals surface area (Å²) in [4.78, 5) is 27.3. The first-order valence-corrected chi connectivity index (χ1v) is 6.22. The summed E-state index contributed by atoms with van der Waals surface area (Å²) in [5, 5.41) is 2.78. The van der Waals surface area contributed by atoms with Gasteiger partial charge in [-0.25, -0.2) is 4.98 Å². The molecule has 0 bridgehead atoms. The predicted molar refractivity (Wildman–Crippen MR) is 68.8 cm³/mol. The average molecular weight is 302 g/mol. The minimum atomic E-state index is -0.158. The van der Waals surface area contributed by atoms with E-state index in [9.17, 15) is 9.59 Å². The molecular weight excluding hydrogens is 286 g/mol. The van der Waals surface area contributed by atoms with E-state index in [1.165, 1.54) is 10.8 Å². The van der Waals surface area contributed by atoms with Crippen LogP contribution in [0.2, 0.25) is 0 Å². The number of rotatable bonds is 4. The summed E-state index contributed by atoms with van der Waals surface area (Å²) in [5.74, 6) is 0.543. The summed E-state index contributed by atoms with van der Waals surface area (Å²) >= 11 is 3.13. The number of hydrogen-bond donors (Lipinski definition) is 1. The molecule has 0 aromatic carbocycles. The Morgan fingerprint density at radius 1 is 1.59 bits per heavy atom. The zero-order valence-electron chi connectivity index (χ0n) is 10.2. The second-order valence-electron chi connectivity index (χ2n) is 4.08. The van der Waals surface area contributed by atoms with Crippen molar-refractivity contribution in [2.45, 2.75) is 39.8 Å². The number of carbonyl (C=O) groups is 1. The molecule has 0 radical (unpaired) electrons. The van der Waals surface area contributed by atoms with Gasteiger partial charge in [-0.3, -0.25) is 14.2 Å². The molecule has 0 spiro atoms. The quantitative estimate of drug-likeness (QED) is 0.910. The monoisotopic (exact) mass is 301 g/mol. The van der Waals surface area contributed by atoms with E-state index in [1.807, 2.05) is 13.8 Å². The Kier molecular flexibility index (Phi) is 4.86. The molecule has 0 atom stereocenters. The van der Waals surface area contributed by atoms with Crippen LogP contribution in [-0.2, 0) is 11.3 Å². The van der Waals surface area contributed by atoms with Crippen LogP contribution in [0.5, 0.6) is 0 Å². The summed E-state index contributed by atoms with van der Waals surface area (Å²) in [6.45, 7) is 5.88. The van der Waals surface area contributed by atoms with Gasteiger partial charge in [0.1, 0.15) is 10.3 Å². The lowest BCUT2D eigenvalue weighted by molar-refractivity contribution is -0.121. The Balaban J connectivity index is 2.73. The molecule has 1 heterocycles. The highest BCUT2D eigenvalue weighted by molar-refractivity contribution is 9.10. The second-order valence-corrected chi connectivity index (χ2v) is 4.94. The predicted octanol–water partition coefficient (Wildman–Crippen LogP) is 1.23. The van der Waals surface area contributed by atoms with Gasteiger partial charge in [0, 0.05) is 25.2 Å². The Morgan fingerprint density at radius 2 is 2.24 bits per heavy atom. The van der Waals surface area contributed by atoms with E-state index in [0.29, 0.717) is 16.8 Å². The summed E-state index contributed by atoms with van der Waals surface area (Å²) in [6, 6.07) is 0.112. The van der Waals surface area contributed by atoms with Crippen molar-refractivity contribution in [1.29, 1.82) is 0 Å². The van der Waals surface area contributed by atoms with Gasteiger partial charge in [-0.2, -0.15) is 0 Å². The lowest BCUT2D eigenvalue weighted by Gasteiger charge is -2.11. The molecule has 6 heteroatoms. The first kappa shape index (κ1) is 13.9. The molecule has 0 saturated heterocycles. The van der Waals surface area contributed by atoms with Gasteiger partial charge in [-0.15, -0.1) is 0 Å². The van der Waals surface area contributed by atoms with Gasteiger partial charge in [0.2, 0.25) is 5.91 Å². The first-order valence-electron chi connectivity index (χ1n) is 5.43. The maximum atomic E-state index is 11.8. The van der Waals surface area contributed by atoms with E-state index in [4.69, 9.17) is 0 Å². The van der Waals surface area contributed by atoms with Crippen LogP contribution in [0.15, 0.2) is 15.5 Å². The van der Waals surface area contributed by atoms with Crippen LogP contribution in [0.3, 0.4) is 0 Å². The van der Waals surface area contributed by atoms with Crippen LogP contribution in [-0.4, -0.2) is 21.5 Å². The third-order valence-corrected chi connectivity index (χ3v) is 2.76. The molecule has 1 amide bonds. The Bertz CT molecular complexity index is 468. The number of nitrogens with zero attached hydrogens (tertiary/aromatic N) is 2. The fourth-order valence-electron chi connectivity index (χ4n) is 1.42. The van der Waals surface area contributed by atoms with E-state index in [2.05, 4.69) is 26.2 Å². The third-order valence-electron chi connectivity index (χ3n) is 2.22. The normalized spacial score (nSPS) is 10.6. The highest BCUT2D eigenvalue weighted by Crippen LogP contribution is 2.02. The van der Waals surface area contributed by atoms with E-state index in [-0.39, 0.29) is 23.9 Å². The van der Waals surface area contributed by atoms with Gasteiger partial charge in [0.15, 0.2) is 0 Å². The number of amides is 1. The number of hydrogen-bond acceptors (Lipinski definition) is 3. The Morgan fingerprint density at radius 3 is 2.82 bits per heavy atom. The van der Waals surface area contributed by atoms with E-state index in [0.717, 1.165) is 0 Å². The molecule has 0 aliphatic carbocycles. The van der Waals surface area contributed by atoms with Crippen molar-refractivity contribution in [2.24, 2.45) is 0 Å². The zero-order chi connectivity index (χ0) is 13.0. The number of aromatic nitrogens is 2. The van der Waals surface area contributed by atoms with Crippen LogP contribution in [0.1, 0.15) is 26.1 Å². The van der Waals surface area contributed by atoms with Gasteiger partial charge in [-0.05, 0) is 36.7 Å². The molecule has 0 aliphatic heterocycles. The maximum absolute atomic E-state index is 11.8. The van der Waals surface area contributed by atoms with Gasteiger partial charge >= 0.3 is 0 Å². The van der Waals surface area contributed by atoms with Gasteiger partial charge in [0.05, 0.1) is 0 Å². The highest BCUT2D eigenvalue weighted by Gasteiger charge is 2.08. The molecule has 0 fully saturated rings. The molecule has 1 aromatic heterocycles. The molecule has 0 saturated carbocycles. The van der Waals surface area contributed by atoms with Crippen molar-refractivity contribution in [3.05, 3.63) is 26.8 Å². The number of aryl methyl sites for hydroxylation is 1. The fraction of sp³-hybridized carbons (Fsp3) is 0.545. The van der Waals surface area contributed by atoms with E-state index < -0.39 is 0 Å². The summed E-state index contributed by atoms with van der Waals surface area (Å²) in [6.07, 6.45) is 1.75. The summed E-state index contributed by atoms with van der Waals surface area (Å²) < 4.78 is 1.90. The molecule has 17 heavy (non-hydrogen) atoms. The number of halogens is 1. The Labute approximate surface area is 108 Å². The summed E-state index contributed by atoms with van der Waals surface area (Å²) in [5.41, 5.74) is -0.158. The lowest BCUT2D eigenvalue weighted by Crippen LogP contribution is -2.32. The van der Waals surface area contributed by atoms with Gasteiger partial charge < -0.3 is 5.32 Å². The van der Waals surface area contributed by atoms with Crippen LogP contribution in [0.25, 0.3) is 0 Å². The topological polar surface area (TPSA) is 64.0 Å². The minimum Gasteiger partial charge on any atom is -0.354 e. The third kappa shape index (κ3) is 3.96. The molecule has 5 nitrogen and oxygen atoms in total. The van der Waals surface area contributed by atoms with E-state index >= 15 is 0 Å². The standard InChI is InChI=1S/C11H16BrN3O2/c1-7(2)14-10(16)4-5-15-8(3)13-6-9(12)11(15)17/h6-7H,4-5H2,1-3H3,(H,14,16). The smallest absolute Gasteiger partial charge is 0.267 e. The van der Waals surface area contributed by atoms with Crippen molar-refractivity contribution in [3.8, 4) is 0 Å². The average Bonchev–Trinajstić information content (AvgIpc) is 2.23. The highest BCUT2D eigenvalue weighted by atomic mass is 79.9. The van der Waals surface area contributed by atoms with Crippen molar-refractivity contribution >= 4 is 21.8 Å². The largest absolute Gasteiger partial charge is 0.354 e. The van der Waals surface area contributed by atoms with Gasteiger partial charge in [-0.1, -0.05) is 0 Å². The molecule has 0 unspecified atom stereocenters. The van der Waals surface area contributed by atoms with Crippen LogP contribution < -0.4 is 10.9 Å². The molecule has 0 aliphatic rings. The van der Waals surface area contributed by atoms with Crippen LogP contribution in [0.4, 0.5) is 0 Å². The first-order chi connectivity index (χ1) is 7.91. The SMILES string of the molecule is Cc1ncc(Br)c(=O)n1CCC(=O)NC(C)C. The van der Waals surface area contributed by atoms with Crippen LogP contribution >= 0.6 is 15.9 Å². The van der Waals surface area contributed by atoms with E-state index in [1.54, 1.807) is 6.92 Å². The minimum absolute atomic E-state index is 0.0636. The number of nitrogens with one attached hydrogen (secondary N) is 1. The molecule has 1 aromatic rings. The van der Waals surface area contributed by atoms with Gasteiger partial charge in [0.25, 0.3) is 5.56 Å². The van der Waals surface area contributed by atoms with Crippen molar-refractivity contribution in [2.75, 3.05) is 0 Å². The van der Waals surface area contributed by atoms with Crippen LogP contribution in [0, 0.1) is 6.92 Å². The molecular formula is C11H16BrN3O2.